The fourth-order valence-electron chi connectivity index (χ4n) is 7.18. The average molecular weight is 476 g/mol. The molecule has 2 aromatic carbocycles. The van der Waals surface area contributed by atoms with Crippen molar-refractivity contribution in [2.75, 3.05) is 19.0 Å². The zero-order valence-corrected chi connectivity index (χ0v) is 21.3. The molecule has 2 aromatic rings. The maximum absolute atomic E-state index is 13.1. The highest BCUT2D eigenvalue weighted by Crippen LogP contribution is 2.56. The van der Waals surface area contributed by atoms with Crippen LogP contribution in [0.15, 0.2) is 48.5 Å². The topological polar surface area (TPSA) is 62.4 Å². The van der Waals surface area contributed by atoms with Crippen molar-refractivity contribution in [1.82, 2.24) is 10.6 Å². The Morgan fingerprint density at radius 2 is 1.71 bits per heavy atom. The van der Waals surface area contributed by atoms with Crippen molar-refractivity contribution in [3.05, 3.63) is 59.7 Å². The molecule has 4 fully saturated rings. The third kappa shape index (κ3) is 5.83. The number of nitrogens with one attached hydrogen (secondary N) is 3. The number of carbonyl (C=O) groups is 1. The van der Waals surface area contributed by atoms with Gasteiger partial charge < -0.3 is 15.4 Å². The van der Waals surface area contributed by atoms with Gasteiger partial charge in [-0.3, -0.25) is 10.1 Å². The zero-order chi connectivity index (χ0) is 24.3. The van der Waals surface area contributed by atoms with E-state index in [9.17, 15) is 4.79 Å². The molecular weight excluding hydrogens is 434 g/mol. The minimum Gasteiger partial charge on any atom is -0.497 e. The Kier molecular flexibility index (Phi) is 7.33. The molecule has 0 heterocycles. The third-order valence-electron chi connectivity index (χ3n) is 8.40. The number of rotatable bonds is 11. The summed E-state index contributed by atoms with van der Waals surface area (Å²) < 4.78 is 5.37. The van der Waals surface area contributed by atoms with Crippen LogP contribution in [0.4, 0.5) is 5.69 Å². The molecule has 6 rings (SSSR count). The lowest BCUT2D eigenvalue weighted by atomic mass is 9.53. The molecule has 0 aliphatic heterocycles. The van der Waals surface area contributed by atoms with Crippen molar-refractivity contribution in [2.45, 2.75) is 76.4 Å². The first-order valence-corrected chi connectivity index (χ1v) is 13.6. The van der Waals surface area contributed by atoms with E-state index in [1.165, 1.54) is 38.5 Å². The number of methoxy groups -OCH3 is 1. The fraction of sp³-hybridized carbons (Fsp3) is 0.567. The van der Waals surface area contributed by atoms with Crippen LogP contribution in [-0.4, -0.2) is 31.3 Å². The number of carbonyl (C=O) groups excluding carboxylic acids is 1. The summed E-state index contributed by atoms with van der Waals surface area (Å²) in [4.78, 5) is 13.1. The Bertz CT molecular complexity index is 968. The van der Waals surface area contributed by atoms with Crippen molar-refractivity contribution >= 4 is 11.6 Å². The van der Waals surface area contributed by atoms with Gasteiger partial charge in [0.05, 0.1) is 13.3 Å². The van der Waals surface area contributed by atoms with Crippen LogP contribution in [0.25, 0.3) is 0 Å². The van der Waals surface area contributed by atoms with Gasteiger partial charge in [0.1, 0.15) is 5.75 Å². The number of benzene rings is 2. The molecule has 4 aliphatic rings. The second kappa shape index (κ2) is 10.6. The lowest BCUT2D eigenvalue weighted by molar-refractivity contribution is 0.0107. The lowest BCUT2D eigenvalue weighted by Gasteiger charge is -2.57. The van der Waals surface area contributed by atoms with Gasteiger partial charge in [-0.15, -0.1) is 0 Å². The van der Waals surface area contributed by atoms with Crippen molar-refractivity contribution in [3.8, 4) is 5.75 Å². The zero-order valence-electron chi connectivity index (χ0n) is 21.3. The van der Waals surface area contributed by atoms with E-state index in [-0.39, 0.29) is 17.6 Å². The molecule has 4 aliphatic carbocycles. The molecule has 0 unspecified atom stereocenters. The molecule has 188 valence electrons. The predicted molar refractivity (Wildman–Crippen MR) is 142 cm³/mol. The Hall–Kier alpha value is -2.53. The molecular formula is C30H41N3O2. The van der Waals surface area contributed by atoms with E-state index in [2.05, 4.69) is 41.1 Å². The third-order valence-corrected chi connectivity index (χ3v) is 8.40. The van der Waals surface area contributed by atoms with Gasteiger partial charge in [0, 0.05) is 23.2 Å². The molecule has 0 radical (unpaired) electrons. The first-order chi connectivity index (χ1) is 17.0. The normalized spacial score (nSPS) is 27.4. The Balaban J connectivity index is 1.21. The summed E-state index contributed by atoms with van der Waals surface area (Å²) in [6.45, 7) is 3.05. The second-order valence-corrected chi connectivity index (χ2v) is 11.3. The maximum atomic E-state index is 13.1. The van der Waals surface area contributed by atoms with E-state index in [0.29, 0.717) is 12.0 Å². The summed E-state index contributed by atoms with van der Waals surface area (Å²) in [5, 5.41) is 10.6. The summed E-state index contributed by atoms with van der Waals surface area (Å²) in [7, 11) is 1.68. The summed E-state index contributed by atoms with van der Waals surface area (Å²) in [6, 6.07) is 16.2. The van der Waals surface area contributed by atoms with Crippen molar-refractivity contribution < 1.29 is 9.53 Å². The van der Waals surface area contributed by atoms with Gasteiger partial charge in [-0.05, 0) is 111 Å². The highest BCUT2D eigenvalue weighted by atomic mass is 16.5. The van der Waals surface area contributed by atoms with Crippen molar-refractivity contribution in [3.63, 3.8) is 0 Å². The van der Waals surface area contributed by atoms with Gasteiger partial charge in [0.2, 0.25) is 0 Å². The average Bonchev–Trinajstić information content (AvgIpc) is 2.83. The van der Waals surface area contributed by atoms with Crippen LogP contribution in [0.2, 0.25) is 0 Å². The number of unbranched alkanes of at least 4 members (excludes halogenated alkanes) is 1. The van der Waals surface area contributed by atoms with Crippen LogP contribution in [0.5, 0.6) is 5.75 Å². The van der Waals surface area contributed by atoms with E-state index in [4.69, 9.17) is 4.74 Å². The highest BCUT2D eigenvalue weighted by molar-refractivity contribution is 5.94. The standard InChI is InChI=1S/C30H41N3O2/c1-3-4-12-31-28(17-21-6-5-7-27(16-21)35-2)32-29(34)25-8-10-26(11-9-25)33-30-18-22-13-23(19-30)15-24(14-22)20-30/h5-11,16,22-24,28,31,33H,3-4,12-15,17-20H2,1-2H3,(H,32,34)/t22?,23?,24?,28-,30?/m1/s1. The van der Waals surface area contributed by atoms with Crippen LogP contribution >= 0.6 is 0 Å². The molecule has 5 heteroatoms. The number of ether oxygens (including phenoxy) is 1. The Morgan fingerprint density at radius 1 is 1.03 bits per heavy atom. The molecule has 5 nitrogen and oxygen atoms in total. The molecule has 0 aromatic heterocycles. The summed E-state index contributed by atoms with van der Waals surface area (Å²) in [5.41, 5.74) is 3.27. The van der Waals surface area contributed by atoms with Crippen LogP contribution in [0, 0.1) is 17.8 Å². The van der Waals surface area contributed by atoms with E-state index >= 15 is 0 Å². The molecule has 0 spiro atoms. The van der Waals surface area contributed by atoms with E-state index in [1.807, 2.05) is 30.3 Å². The SMILES string of the molecule is CCCCN[C@@H](Cc1cccc(OC)c1)NC(=O)c1ccc(NC23CC4CC(CC(C4)C2)C3)cc1. The Labute approximate surface area is 210 Å². The maximum Gasteiger partial charge on any atom is 0.252 e. The molecule has 4 saturated carbocycles. The van der Waals surface area contributed by atoms with Crippen LogP contribution in [-0.2, 0) is 6.42 Å². The summed E-state index contributed by atoms with van der Waals surface area (Å²) >= 11 is 0. The quantitative estimate of drug-likeness (QED) is 0.285. The predicted octanol–water partition coefficient (Wildman–Crippen LogP) is 5.76. The van der Waals surface area contributed by atoms with E-state index in [1.54, 1.807) is 7.11 Å². The minimum absolute atomic E-state index is 0.0387. The van der Waals surface area contributed by atoms with Crippen molar-refractivity contribution in [1.29, 1.82) is 0 Å². The van der Waals surface area contributed by atoms with Crippen LogP contribution in [0.1, 0.15) is 74.2 Å². The van der Waals surface area contributed by atoms with E-state index in [0.717, 1.165) is 54.1 Å². The first-order valence-electron chi connectivity index (χ1n) is 13.6. The largest absolute Gasteiger partial charge is 0.497 e. The molecule has 1 amide bonds. The fourth-order valence-corrected chi connectivity index (χ4v) is 7.18. The number of amides is 1. The van der Waals surface area contributed by atoms with Gasteiger partial charge in [-0.2, -0.15) is 0 Å². The van der Waals surface area contributed by atoms with Crippen molar-refractivity contribution in [2.24, 2.45) is 17.8 Å². The number of hydrogen-bond donors (Lipinski definition) is 3. The lowest BCUT2D eigenvalue weighted by Crippen LogP contribution is -2.54. The van der Waals surface area contributed by atoms with Crippen LogP contribution < -0.4 is 20.7 Å². The monoisotopic (exact) mass is 475 g/mol. The number of hydrogen-bond acceptors (Lipinski definition) is 4. The second-order valence-electron chi connectivity index (χ2n) is 11.3. The molecule has 3 N–H and O–H groups in total. The smallest absolute Gasteiger partial charge is 0.252 e. The first kappa shape index (κ1) is 24.2. The summed E-state index contributed by atoms with van der Waals surface area (Å²) in [6.07, 6.45) is 11.1. The minimum atomic E-state index is -0.133. The van der Waals surface area contributed by atoms with Gasteiger partial charge in [-0.25, -0.2) is 0 Å². The van der Waals surface area contributed by atoms with Gasteiger partial charge in [0.25, 0.3) is 5.91 Å². The molecule has 4 bridgehead atoms. The molecule has 1 atom stereocenters. The van der Waals surface area contributed by atoms with Gasteiger partial charge in [-0.1, -0.05) is 25.5 Å². The number of anilines is 1. The molecule has 35 heavy (non-hydrogen) atoms. The van der Waals surface area contributed by atoms with Crippen LogP contribution in [0.3, 0.4) is 0 Å². The van der Waals surface area contributed by atoms with E-state index < -0.39 is 0 Å². The van der Waals surface area contributed by atoms with Gasteiger partial charge in [0.15, 0.2) is 0 Å². The Morgan fingerprint density at radius 3 is 2.34 bits per heavy atom. The highest BCUT2D eigenvalue weighted by Gasteiger charge is 2.50. The van der Waals surface area contributed by atoms with Gasteiger partial charge >= 0.3 is 0 Å². The summed E-state index contributed by atoms with van der Waals surface area (Å²) in [5.74, 6) is 3.55. The molecule has 0 saturated heterocycles.